The summed E-state index contributed by atoms with van der Waals surface area (Å²) in [5, 5.41) is 0. The Labute approximate surface area is 173 Å². The summed E-state index contributed by atoms with van der Waals surface area (Å²) >= 11 is 0. The van der Waals surface area contributed by atoms with Gasteiger partial charge in [0.15, 0.2) is 5.60 Å². The number of likely N-dealkylation sites (N-methyl/N-ethyl adjacent to an activating group) is 1. The van der Waals surface area contributed by atoms with Crippen LogP contribution in [0.3, 0.4) is 0 Å². The molecule has 1 aliphatic heterocycles. The van der Waals surface area contributed by atoms with E-state index in [0.29, 0.717) is 26.0 Å². The van der Waals surface area contributed by atoms with Crippen LogP contribution in [0, 0.1) is 0 Å². The van der Waals surface area contributed by atoms with E-state index in [2.05, 4.69) is 18.2 Å². The molecule has 0 saturated carbocycles. The van der Waals surface area contributed by atoms with Gasteiger partial charge in [-0.2, -0.15) is 0 Å². The molecule has 1 atom stereocenters. The number of hydrogen-bond donors (Lipinski definition) is 0. The van der Waals surface area contributed by atoms with E-state index in [1.165, 1.54) is 0 Å². The van der Waals surface area contributed by atoms with Crippen LogP contribution < -0.4 is 0 Å². The van der Waals surface area contributed by atoms with Crippen LogP contribution >= 0.6 is 0 Å². The Balaban J connectivity index is 1.98. The van der Waals surface area contributed by atoms with Crippen molar-refractivity contribution in [1.29, 1.82) is 0 Å². The van der Waals surface area contributed by atoms with E-state index in [-0.39, 0.29) is 18.4 Å². The maximum absolute atomic E-state index is 13.3. The molecule has 5 heteroatoms. The van der Waals surface area contributed by atoms with Gasteiger partial charge >= 0.3 is 0 Å². The molecule has 3 rings (SSSR count). The van der Waals surface area contributed by atoms with Crippen LogP contribution in [-0.4, -0.2) is 61.0 Å². The van der Waals surface area contributed by atoms with Crippen LogP contribution in [0.2, 0.25) is 0 Å². The Bertz CT molecular complexity index is 850. The van der Waals surface area contributed by atoms with Crippen molar-refractivity contribution in [2.75, 3.05) is 33.8 Å². The van der Waals surface area contributed by atoms with Gasteiger partial charge in [0.1, 0.15) is 0 Å². The number of carbonyl (C=O) groups is 2. The number of hydrogen-bond acceptors (Lipinski definition) is 3. The first-order chi connectivity index (χ1) is 14.0. The molecule has 1 heterocycles. The fourth-order valence-corrected chi connectivity index (χ4v) is 3.97. The molecule has 2 amide bonds. The molecule has 0 aliphatic carbocycles. The number of morpholine rings is 1. The fraction of sp³-hybridized carbons (Fsp3) is 0.417. The van der Waals surface area contributed by atoms with Gasteiger partial charge in [0.25, 0.3) is 5.91 Å². The zero-order valence-electron chi connectivity index (χ0n) is 17.6. The topological polar surface area (TPSA) is 49.9 Å². The molecule has 0 aromatic heterocycles. The normalized spacial score (nSPS) is 19.1. The highest BCUT2D eigenvalue weighted by Crippen LogP contribution is 2.31. The fourth-order valence-electron chi connectivity index (χ4n) is 3.97. The molecule has 2 aromatic carbocycles. The number of amides is 2. The van der Waals surface area contributed by atoms with E-state index < -0.39 is 5.60 Å². The van der Waals surface area contributed by atoms with E-state index in [9.17, 15) is 9.59 Å². The molecule has 29 heavy (non-hydrogen) atoms. The molecule has 0 N–H and O–H groups in total. The molecule has 0 spiro atoms. The first kappa shape index (κ1) is 21.1. The van der Waals surface area contributed by atoms with Gasteiger partial charge in [-0.25, -0.2) is 0 Å². The summed E-state index contributed by atoms with van der Waals surface area (Å²) in [5.74, 6) is -0.0163. The lowest BCUT2D eigenvalue weighted by atomic mass is 9.87. The van der Waals surface area contributed by atoms with Crippen LogP contribution in [0.5, 0.6) is 0 Å². The Morgan fingerprint density at radius 3 is 2.45 bits per heavy atom. The molecule has 1 fully saturated rings. The second-order valence-electron chi connectivity index (χ2n) is 7.81. The third kappa shape index (κ3) is 4.67. The smallest absolute Gasteiger partial charge is 0.256 e. The SMILES string of the molecule is CCCC(=O)N1CCOC(Cc2ccccc2-c2ccccc2)(C(=O)N(C)C)C1. The lowest BCUT2D eigenvalue weighted by Crippen LogP contribution is -2.61. The van der Waals surface area contributed by atoms with Crippen molar-refractivity contribution in [3.05, 3.63) is 60.2 Å². The van der Waals surface area contributed by atoms with Gasteiger partial charge in [-0.15, -0.1) is 0 Å². The van der Waals surface area contributed by atoms with Gasteiger partial charge in [0.2, 0.25) is 5.91 Å². The van der Waals surface area contributed by atoms with Crippen molar-refractivity contribution >= 4 is 11.8 Å². The Morgan fingerprint density at radius 1 is 1.07 bits per heavy atom. The van der Waals surface area contributed by atoms with E-state index in [0.717, 1.165) is 23.1 Å². The average Bonchev–Trinajstić information content (AvgIpc) is 2.74. The highest BCUT2D eigenvalue weighted by atomic mass is 16.5. The predicted octanol–water partition coefficient (Wildman–Crippen LogP) is 3.38. The molecule has 1 aliphatic rings. The quantitative estimate of drug-likeness (QED) is 0.755. The van der Waals surface area contributed by atoms with Crippen molar-refractivity contribution in [1.82, 2.24) is 9.80 Å². The van der Waals surface area contributed by atoms with Gasteiger partial charge in [-0.1, -0.05) is 61.5 Å². The Kier molecular flexibility index (Phi) is 6.70. The molecule has 0 radical (unpaired) electrons. The highest BCUT2D eigenvalue weighted by molar-refractivity contribution is 5.87. The van der Waals surface area contributed by atoms with Crippen LogP contribution in [0.25, 0.3) is 11.1 Å². The number of rotatable bonds is 6. The van der Waals surface area contributed by atoms with Crippen LogP contribution in [-0.2, 0) is 20.7 Å². The van der Waals surface area contributed by atoms with Crippen LogP contribution in [0.4, 0.5) is 0 Å². The first-order valence-electron chi connectivity index (χ1n) is 10.2. The number of benzene rings is 2. The van der Waals surface area contributed by atoms with E-state index in [1.807, 2.05) is 43.3 Å². The second kappa shape index (κ2) is 9.23. The third-order valence-corrected chi connectivity index (χ3v) is 5.38. The lowest BCUT2D eigenvalue weighted by molar-refractivity contribution is -0.172. The highest BCUT2D eigenvalue weighted by Gasteiger charge is 2.46. The van der Waals surface area contributed by atoms with Crippen molar-refractivity contribution in [3.63, 3.8) is 0 Å². The Hall–Kier alpha value is -2.66. The predicted molar refractivity (Wildman–Crippen MR) is 114 cm³/mol. The zero-order valence-corrected chi connectivity index (χ0v) is 17.6. The van der Waals surface area contributed by atoms with Crippen molar-refractivity contribution in [3.8, 4) is 11.1 Å². The molecule has 1 unspecified atom stereocenters. The van der Waals surface area contributed by atoms with Gasteiger partial charge in [-0.3, -0.25) is 9.59 Å². The maximum Gasteiger partial charge on any atom is 0.256 e. The molecule has 5 nitrogen and oxygen atoms in total. The second-order valence-corrected chi connectivity index (χ2v) is 7.81. The molecule has 154 valence electrons. The summed E-state index contributed by atoms with van der Waals surface area (Å²) in [7, 11) is 3.48. The number of nitrogens with zero attached hydrogens (tertiary/aromatic N) is 2. The third-order valence-electron chi connectivity index (χ3n) is 5.38. The van der Waals surface area contributed by atoms with Gasteiger partial charge in [0.05, 0.1) is 13.2 Å². The summed E-state index contributed by atoms with van der Waals surface area (Å²) in [6.45, 7) is 3.17. The van der Waals surface area contributed by atoms with Gasteiger partial charge < -0.3 is 14.5 Å². The number of ether oxygens (including phenoxy) is 1. The summed E-state index contributed by atoms with van der Waals surface area (Å²) in [6.07, 6.45) is 1.71. The molecular weight excluding hydrogens is 364 g/mol. The van der Waals surface area contributed by atoms with Crippen LogP contribution in [0.15, 0.2) is 54.6 Å². The van der Waals surface area contributed by atoms with Crippen LogP contribution in [0.1, 0.15) is 25.3 Å². The standard InChI is InChI=1S/C24H30N2O3/c1-4-10-22(27)26-15-16-29-24(18-26,23(28)25(2)3)17-20-13-8-9-14-21(20)19-11-6-5-7-12-19/h5-9,11-14H,4,10,15-18H2,1-3H3. The van der Waals surface area contributed by atoms with Gasteiger partial charge in [-0.05, 0) is 23.1 Å². The molecular formula is C24H30N2O3. The molecule has 1 saturated heterocycles. The lowest BCUT2D eigenvalue weighted by Gasteiger charge is -2.43. The minimum atomic E-state index is -1.07. The largest absolute Gasteiger partial charge is 0.361 e. The zero-order chi connectivity index (χ0) is 20.9. The average molecular weight is 395 g/mol. The van der Waals surface area contributed by atoms with E-state index >= 15 is 0 Å². The minimum absolute atomic E-state index is 0.0862. The molecule has 0 bridgehead atoms. The monoisotopic (exact) mass is 394 g/mol. The van der Waals surface area contributed by atoms with Crippen molar-refractivity contribution in [2.24, 2.45) is 0 Å². The molecule has 2 aromatic rings. The summed E-state index contributed by atoms with van der Waals surface area (Å²) in [6, 6.07) is 18.2. The van der Waals surface area contributed by atoms with Crippen molar-refractivity contribution < 1.29 is 14.3 Å². The van der Waals surface area contributed by atoms with E-state index in [4.69, 9.17) is 4.74 Å². The maximum atomic E-state index is 13.3. The Morgan fingerprint density at radius 2 is 1.76 bits per heavy atom. The first-order valence-corrected chi connectivity index (χ1v) is 10.2. The number of carbonyl (C=O) groups excluding carboxylic acids is 2. The van der Waals surface area contributed by atoms with Crippen molar-refractivity contribution in [2.45, 2.75) is 31.8 Å². The summed E-state index contributed by atoms with van der Waals surface area (Å²) < 4.78 is 6.16. The summed E-state index contributed by atoms with van der Waals surface area (Å²) in [4.78, 5) is 29.2. The summed E-state index contributed by atoms with van der Waals surface area (Å²) in [5.41, 5.74) is 2.15. The van der Waals surface area contributed by atoms with Gasteiger partial charge in [0, 0.05) is 33.5 Å². The minimum Gasteiger partial charge on any atom is -0.361 e. The van der Waals surface area contributed by atoms with E-state index in [1.54, 1.807) is 23.9 Å².